The van der Waals surface area contributed by atoms with E-state index in [-0.39, 0.29) is 5.41 Å². The zero-order chi connectivity index (χ0) is 34.4. The molecule has 8 aromatic rings. The van der Waals surface area contributed by atoms with E-state index in [1.807, 2.05) is 36.4 Å². The number of nitrogens with zero attached hydrogens (tertiary/aromatic N) is 3. The summed E-state index contributed by atoms with van der Waals surface area (Å²) in [5.74, 6) is 1.94. The average Bonchev–Trinajstić information content (AvgIpc) is 3.44. The van der Waals surface area contributed by atoms with Crippen LogP contribution in [0.15, 0.2) is 176 Å². The van der Waals surface area contributed by atoms with Gasteiger partial charge in [-0.25, -0.2) is 15.0 Å². The van der Waals surface area contributed by atoms with Gasteiger partial charge in [0.05, 0.1) is 0 Å². The highest BCUT2D eigenvalue weighted by atomic mass is 15.0. The number of benzene rings is 7. The Morgan fingerprint density at radius 3 is 1.41 bits per heavy atom. The molecule has 0 amide bonds. The standard InChI is InChI=1S/C48H35N3/c1-48(2)42-24-10-9-22-41(42)44-40(23-13-25-43(44)48)38-20-11-18-36(30-38)37-19-12-21-39(31-37)47-50-45(34-16-7-4-8-17-34)49-46(51-47)35-28-26-33(27-29-35)32-14-5-3-6-15-32/h3-31H,1-2H3. The second kappa shape index (κ2) is 12.5. The summed E-state index contributed by atoms with van der Waals surface area (Å²) in [7, 11) is 0. The molecule has 0 bridgehead atoms. The highest BCUT2D eigenvalue weighted by Gasteiger charge is 2.36. The number of hydrogen-bond donors (Lipinski definition) is 0. The minimum absolute atomic E-state index is 0.0419. The Bertz CT molecular complexity index is 2530. The van der Waals surface area contributed by atoms with Gasteiger partial charge in [-0.1, -0.05) is 178 Å². The van der Waals surface area contributed by atoms with Crippen LogP contribution in [0.4, 0.5) is 0 Å². The van der Waals surface area contributed by atoms with E-state index in [4.69, 9.17) is 15.0 Å². The van der Waals surface area contributed by atoms with Crippen LogP contribution in [0.25, 0.3) is 78.7 Å². The second-order valence-corrected chi connectivity index (χ2v) is 13.7. The maximum absolute atomic E-state index is 5.05. The van der Waals surface area contributed by atoms with Gasteiger partial charge in [-0.2, -0.15) is 0 Å². The van der Waals surface area contributed by atoms with Gasteiger partial charge in [0.1, 0.15) is 0 Å². The Kier molecular flexibility index (Phi) is 7.48. The predicted octanol–water partition coefficient (Wildman–Crippen LogP) is 12.2. The Morgan fingerprint density at radius 2 is 0.725 bits per heavy atom. The third kappa shape index (κ3) is 5.53. The van der Waals surface area contributed by atoms with Crippen LogP contribution in [0.5, 0.6) is 0 Å². The average molecular weight is 654 g/mol. The minimum Gasteiger partial charge on any atom is -0.208 e. The van der Waals surface area contributed by atoms with E-state index >= 15 is 0 Å². The summed E-state index contributed by atoms with van der Waals surface area (Å²) in [5.41, 5.74) is 15.3. The molecule has 0 spiro atoms. The van der Waals surface area contributed by atoms with Crippen molar-refractivity contribution in [3.05, 3.63) is 187 Å². The third-order valence-electron chi connectivity index (χ3n) is 10.2. The van der Waals surface area contributed by atoms with Crippen molar-refractivity contribution in [3.63, 3.8) is 0 Å². The van der Waals surface area contributed by atoms with Gasteiger partial charge in [0.25, 0.3) is 0 Å². The third-order valence-corrected chi connectivity index (χ3v) is 10.2. The Hall–Kier alpha value is -6.45. The van der Waals surface area contributed by atoms with Gasteiger partial charge in [0.2, 0.25) is 0 Å². The lowest BCUT2D eigenvalue weighted by Gasteiger charge is -2.21. The SMILES string of the molecule is CC1(C)c2ccccc2-c2c(-c3cccc(-c4cccc(-c5nc(-c6ccccc6)nc(-c6ccc(-c7ccccc7)cc6)n5)c4)c3)cccc21. The van der Waals surface area contributed by atoms with Crippen LogP contribution < -0.4 is 0 Å². The summed E-state index contributed by atoms with van der Waals surface area (Å²) in [6.07, 6.45) is 0. The van der Waals surface area contributed by atoms with Crippen LogP contribution in [0.3, 0.4) is 0 Å². The van der Waals surface area contributed by atoms with Gasteiger partial charge in [-0.15, -0.1) is 0 Å². The lowest BCUT2D eigenvalue weighted by molar-refractivity contribution is 0.660. The molecule has 1 aromatic heterocycles. The van der Waals surface area contributed by atoms with Gasteiger partial charge >= 0.3 is 0 Å². The number of rotatable bonds is 6. The van der Waals surface area contributed by atoms with Crippen LogP contribution in [-0.4, -0.2) is 15.0 Å². The predicted molar refractivity (Wildman–Crippen MR) is 210 cm³/mol. The van der Waals surface area contributed by atoms with Crippen molar-refractivity contribution >= 4 is 0 Å². The molecule has 0 atom stereocenters. The zero-order valence-corrected chi connectivity index (χ0v) is 28.6. The fourth-order valence-electron chi connectivity index (χ4n) is 7.49. The number of fused-ring (bicyclic) bond motifs is 3. The largest absolute Gasteiger partial charge is 0.208 e. The van der Waals surface area contributed by atoms with Crippen molar-refractivity contribution in [2.75, 3.05) is 0 Å². The van der Waals surface area contributed by atoms with E-state index in [1.165, 1.54) is 38.9 Å². The normalized spacial score (nSPS) is 12.7. The Balaban J connectivity index is 1.11. The van der Waals surface area contributed by atoms with E-state index in [0.717, 1.165) is 33.4 Å². The van der Waals surface area contributed by atoms with Crippen LogP contribution in [0.2, 0.25) is 0 Å². The van der Waals surface area contributed by atoms with Gasteiger partial charge in [0.15, 0.2) is 17.5 Å². The molecular weight excluding hydrogens is 619 g/mol. The first-order chi connectivity index (χ1) is 25.0. The lowest BCUT2D eigenvalue weighted by Crippen LogP contribution is -2.14. The number of hydrogen-bond acceptors (Lipinski definition) is 3. The molecule has 242 valence electrons. The van der Waals surface area contributed by atoms with E-state index in [1.54, 1.807) is 0 Å². The summed E-state index contributed by atoms with van der Waals surface area (Å²) < 4.78 is 0. The summed E-state index contributed by atoms with van der Waals surface area (Å²) >= 11 is 0. The highest BCUT2D eigenvalue weighted by molar-refractivity contribution is 5.93. The molecule has 0 saturated carbocycles. The minimum atomic E-state index is -0.0419. The maximum atomic E-state index is 5.05. The molecule has 0 unspecified atom stereocenters. The highest BCUT2D eigenvalue weighted by Crippen LogP contribution is 2.52. The zero-order valence-electron chi connectivity index (χ0n) is 28.6. The van der Waals surface area contributed by atoms with Crippen LogP contribution in [-0.2, 0) is 5.41 Å². The van der Waals surface area contributed by atoms with Crippen LogP contribution >= 0.6 is 0 Å². The fraction of sp³-hybridized carbons (Fsp3) is 0.0625. The molecule has 0 N–H and O–H groups in total. The van der Waals surface area contributed by atoms with Gasteiger partial charge in [-0.05, 0) is 67.8 Å². The Labute approximate surface area is 299 Å². The van der Waals surface area contributed by atoms with Crippen LogP contribution in [0.1, 0.15) is 25.0 Å². The summed E-state index contributed by atoms with van der Waals surface area (Å²) in [6.45, 7) is 4.66. The molecule has 0 fully saturated rings. The molecular formula is C48H35N3. The molecule has 3 heteroatoms. The molecule has 7 aromatic carbocycles. The van der Waals surface area contributed by atoms with E-state index in [0.29, 0.717) is 17.5 Å². The van der Waals surface area contributed by atoms with Crippen molar-refractivity contribution in [3.8, 4) is 78.7 Å². The second-order valence-electron chi connectivity index (χ2n) is 13.7. The molecule has 0 radical (unpaired) electrons. The summed E-state index contributed by atoms with van der Waals surface area (Å²) in [6, 6.07) is 62.0. The summed E-state index contributed by atoms with van der Waals surface area (Å²) in [5, 5.41) is 0. The molecule has 9 rings (SSSR count). The first-order valence-electron chi connectivity index (χ1n) is 17.4. The lowest BCUT2D eigenvalue weighted by atomic mass is 9.82. The quantitative estimate of drug-likeness (QED) is 0.179. The molecule has 51 heavy (non-hydrogen) atoms. The molecule has 1 aliphatic rings. The molecule has 1 heterocycles. The van der Waals surface area contributed by atoms with Gasteiger partial charge < -0.3 is 0 Å². The number of aromatic nitrogens is 3. The van der Waals surface area contributed by atoms with Gasteiger partial charge in [-0.3, -0.25) is 0 Å². The fourth-order valence-corrected chi connectivity index (χ4v) is 7.49. The van der Waals surface area contributed by atoms with Crippen molar-refractivity contribution in [1.82, 2.24) is 15.0 Å². The van der Waals surface area contributed by atoms with Crippen molar-refractivity contribution in [2.45, 2.75) is 19.3 Å². The topological polar surface area (TPSA) is 38.7 Å². The molecule has 3 nitrogen and oxygen atoms in total. The van der Waals surface area contributed by atoms with Crippen molar-refractivity contribution in [2.24, 2.45) is 0 Å². The van der Waals surface area contributed by atoms with E-state index < -0.39 is 0 Å². The first-order valence-corrected chi connectivity index (χ1v) is 17.4. The van der Waals surface area contributed by atoms with Gasteiger partial charge in [0, 0.05) is 22.1 Å². The van der Waals surface area contributed by atoms with E-state index in [2.05, 4.69) is 153 Å². The van der Waals surface area contributed by atoms with E-state index in [9.17, 15) is 0 Å². The summed E-state index contributed by atoms with van der Waals surface area (Å²) in [4.78, 5) is 15.0. The molecule has 0 saturated heterocycles. The molecule has 1 aliphatic carbocycles. The smallest absolute Gasteiger partial charge is 0.164 e. The van der Waals surface area contributed by atoms with Crippen molar-refractivity contribution < 1.29 is 0 Å². The van der Waals surface area contributed by atoms with Crippen molar-refractivity contribution in [1.29, 1.82) is 0 Å². The molecule has 0 aliphatic heterocycles. The monoisotopic (exact) mass is 653 g/mol. The van der Waals surface area contributed by atoms with Crippen LogP contribution in [0, 0.1) is 0 Å². The Morgan fingerprint density at radius 1 is 0.314 bits per heavy atom. The maximum Gasteiger partial charge on any atom is 0.164 e. The first kappa shape index (κ1) is 30.6.